The lowest BCUT2D eigenvalue weighted by Gasteiger charge is -2.12. The second-order valence-corrected chi connectivity index (χ2v) is 9.32. The predicted molar refractivity (Wildman–Crippen MR) is 134 cm³/mol. The molecule has 36 heavy (non-hydrogen) atoms. The molecule has 2 heterocycles. The molecule has 1 aromatic carbocycles. The maximum atomic E-state index is 12.7. The lowest BCUT2D eigenvalue weighted by Crippen LogP contribution is -2.21. The Bertz CT molecular complexity index is 1420. The van der Waals surface area contributed by atoms with Crippen LogP contribution in [-0.2, 0) is 27.1 Å². The molecule has 1 N–H and O–H groups in total. The summed E-state index contributed by atoms with van der Waals surface area (Å²) >= 11 is 0.944. The molecule has 0 atom stereocenters. The lowest BCUT2D eigenvalue weighted by atomic mass is 10.0. The van der Waals surface area contributed by atoms with Crippen molar-refractivity contribution < 1.29 is 33.0 Å². The zero-order valence-electron chi connectivity index (χ0n) is 20.6. The minimum atomic E-state index is -0.647. The van der Waals surface area contributed by atoms with Gasteiger partial charge in [0.1, 0.15) is 21.2 Å². The minimum Gasteiger partial charge on any atom is -0.483 e. The number of rotatable bonds is 8. The maximum absolute atomic E-state index is 12.7. The number of esters is 2. The highest BCUT2D eigenvalue weighted by atomic mass is 32.1. The topological polar surface area (TPSA) is 121 Å². The summed E-state index contributed by atoms with van der Waals surface area (Å²) in [6.45, 7) is 6.67. The van der Waals surface area contributed by atoms with E-state index in [-0.39, 0.29) is 40.9 Å². The number of aryl methyl sites for hydroxylation is 2. The highest BCUT2D eigenvalue weighted by Crippen LogP contribution is 2.35. The first-order chi connectivity index (χ1) is 17.3. The molecular formula is C26H27NO8S. The van der Waals surface area contributed by atoms with E-state index < -0.39 is 17.8 Å². The van der Waals surface area contributed by atoms with Crippen LogP contribution >= 0.6 is 11.3 Å². The van der Waals surface area contributed by atoms with Gasteiger partial charge in [0.05, 0.1) is 18.8 Å². The van der Waals surface area contributed by atoms with Crippen molar-refractivity contribution in [1.29, 1.82) is 0 Å². The lowest BCUT2D eigenvalue weighted by molar-refractivity contribution is -0.118. The molecule has 1 aliphatic carbocycles. The second-order valence-electron chi connectivity index (χ2n) is 8.30. The van der Waals surface area contributed by atoms with Gasteiger partial charge in [0, 0.05) is 16.5 Å². The first kappa shape index (κ1) is 25.4. The number of ether oxygens (including phenoxy) is 3. The average molecular weight is 514 g/mol. The molecule has 9 nitrogen and oxygen atoms in total. The van der Waals surface area contributed by atoms with E-state index in [2.05, 4.69) is 5.32 Å². The van der Waals surface area contributed by atoms with Gasteiger partial charge in [-0.2, -0.15) is 0 Å². The summed E-state index contributed by atoms with van der Waals surface area (Å²) in [6, 6.07) is 3.59. The molecule has 0 radical (unpaired) electrons. The predicted octanol–water partition coefficient (Wildman–Crippen LogP) is 4.33. The van der Waals surface area contributed by atoms with Gasteiger partial charge in [-0.25, -0.2) is 14.4 Å². The van der Waals surface area contributed by atoms with Crippen LogP contribution in [0.1, 0.15) is 62.6 Å². The highest BCUT2D eigenvalue weighted by molar-refractivity contribution is 7.18. The smallest absolute Gasteiger partial charge is 0.348 e. The number of carbonyl (C=O) groups is 3. The van der Waals surface area contributed by atoms with Gasteiger partial charge in [0.2, 0.25) is 0 Å². The number of carbonyl (C=O) groups excluding carboxylic acids is 3. The molecule has 3 aromatic rings. The molecule has 2 aromatic heterocycles. The third-order valence-electron chi connectivity index (χ3n) is 6.04. The Morgan fingerprint density at radius 2 is 1.69 bits per heavy atom. The van der Waals surface area contributed by atoms with Crippen molar-refractivity contribution >= 4 is 45.2 Å². The van der Waals surface area contributed by atoms with Gasteiger partial charge in [-0.15, -0.1) is 11.3 Å². The van der Waals surface area contributed by atoms with Crippen molar-refractivity contribution in [3.8, 4) is 5.75 Å². The van der Waals surface area contributed by atoms with E-state index >= 15 is 0 Å². The largest absolute Gasteiger partial charge is 0.483 e. The molecular weight excluding hydrogens is 486 g/mol. The molecule has 0 spiro atoms. The molecule has 0 saturated carbocycles. The second kappa shape index (κ2) is 10.5. The van der Waals surface area contributed by atoms with Gasteiger partial charge in [0.15, 0.2) is 6.61 Å². The summed E-state index contributed by atoms with van der Waals surface area (Å²) in [5, 5.41) is 3.72. The number of anilines is 1. The number of amides is 1. The van der Waals surface area contributed by atoms with Crippen molar-refractivity contribution in [3.63, 3.8) is 0 Å². The van der Waals surface area contributed by atoms with Crippen LogP contribution in [-0.4, -0.2) is 37.7 Å². The number of fused-ring (bicyclic) bond motifs is 3. The minimum absolute atomic E-state index is 0.107. The Morgan fingerprint density at radius 3 is 2.42 bits per heavy atom. The van der Waals surface area contributed by atoms with E-state index in [0.29, 0.717) is 22.5 Å². The van der Waals surface area contributed by atoms with Crippen molar-refractivity contribution in [3.05, 3.63) is 55.2 Å². The Morgan fingerprint density at radius 1 is 1.00 bits per heavy atom. The summed E-state index contributed by atoms with van der Waals surface area (Å²) in [6.07, 6.45) is 2.47. The number of hydrogen-bond donors (Lipinski definition) is 1. The summed E-state index contributed by atoms with van der Waals surface area (Å²) < 4.78 is 21.5. The summed E-state index contributed by atoms with van der Waals surface area (Å²) in [7, 11) is 0. The molecule has 190 valence electrons. The molecule has 1 aliphatic rings. The molecule has 0 bridgehead atoms. The van der Waals surface area contributed by atoms with E-state index in [1.165, 1.54) is 0 Å². The van der Waals surface area contributed by atoms with Crippen LogP contribution in [0.25, 0.3) is 11.0 Å². The number of nitrogens with one attached hydrogen (secondary N) is 1. The van der Waals surface area contributed by atoms with Gasteiger partial charge in [0.25, 0.3) is 5.91 Å². The van der Waals surface area contributed by atoms with Crippen LogP contribution in [0.3, 0.4) is 0 Å². The van der Waals surface area contributed by atoms with Crippen molar-refractivity contribution in [2.45, 2.75) is 47.0 Å². The fraction of sp³-hybridized carbons (Fsp3) is 0.385. The van der Waals surface area contributed by atoms with Crippen LogP contribution in [0.2, 0.25) is 0 Å². The fourth-order valence-electron chi connectivity index (χ4n) is 4.37. The molecule has 0 aliphatic heterocycles. The number of thiophene rings is 1. The van der Waals surface area contributed by atoms with Gasteiger partial charge < -0.3 is 23.9 Å². The van der Waals surface area contributed by atoms with Crippen molar-refractivity contribution in [2.75, 3.05) is 25.1 Å². The summed E-state index contributed by atoms with van der Waals surface area (Å²) in [5.41, 5.74) is 2.99. The molecule has 1 amide bonds. The maximum Gasteiger partial charge on any atom is 0.348 e. The third-order valence-corrected chi connectivity index (χ3v) is 7.23. The Kier molecular flexibility index (Phi) is 7.44. The Hall–Kier alpha value is -3.66. The Labute approximate surface area is 211 Å². The zero-order chi connectivity index (χ0) is 26.0. The van der Waals surface area contributed by atoms with Gasteiger partial charge in [-0.1, -0.05) is 0 Å². The number of benzene rings is 1. The van der Waals surface area contributed by atoms with Gasteiger partial charge in [-0.05, 0) is 70.2 Å². The van der Waals surface area contributed by atoms with Crippen LogP contribution < -0.4 is 15.7 Å². The van der Waals surface area contributed by atoms with E-state index in [1.807, 2.05) is 6.07 Å². The van der Waals surface area contributed by atoms with Crippen molar-refractivity contribution in [1.82, 2.24) is 0 Å². The van der Waals surface area contributed by atoms with Crippen LogP contribution in [0.5, 0.6) is 5.75 Å². The first-order valence-corrected chi connectivity index (χ1v) is 12.6. The first-order valence-electron chi connectivity index (χ1n) is 11.7. The highest BCUT2D eigenvalue weighted by Gasteiger charge is 2.27. The van der Waals surface area contributed by atoms with Crippen LogP contribution in [0.4, 0.5) is 5.00 Å². The summed E-state index contributed by atoms with van der Waals surface area (Å²) in [4.78, 5) is 50.2. The molecule has 0 unspecified atom stereocenters. The molecule has 10 heteroatoms. The SMILES string of the molecule is CCOC(=O)c1sc(NC(=O)COc2ccc3c4c(c(=O)oc3c2C)CCC4)c(C(=O)OCC)c1C. The van der Waals surface area contributed by atoms with Gasteiger partial charge >= 0.3 is 17.6 Å². The van der Waals surface area contributed by atoms with E-state index in [9.17, 15) is 19.2 Å². The standard InChI is InChI=1S/C26H27NO8S/c1-5-32-25(30)20-14(4)22(26(31)33-6-2)36-23(20)27-19(28)12-34-18-11-10-16-15-8-7-9-17(15)24(29)35-21(16)13(18)3/h10-11H,5-9,12H2,1-4H3,(H,27,28). The zero-order valence-corrected chi connectivity index (χ0v) is 21.4. The van der Waals surface area contributed by atoms with E-state index in [4.69, 9.17) is 18.6 Å². The Balaban J connectivity index is 1.55. The quantitative estimate of drug-likeness (QED) is 0.349. The van der Waals surface area contributed by atoms with Crippen molar-refractivity contribution in [2.24, 2.45) is 0 Å². The third kappa shape index (κ3) is 4.73. The van der Waals surface area contributed by atoms with Crippen LogP contribution in [0, 0.1) is 13.8 Å². The monoisotopic (exact) mass is 513 g/mol. The molecule has 0 fully saturated rings. The van der Waals surface area contributed by atoms with E-state index in [1.54, 1.807) is 33.8 Å². The van der Waals surface area contributed by atoms with E-state index in [0.717, 1.165) is 47.1 Å². The molecule has 4 rings (SSSR count). The average Bonchev–Trinajstić information content (AvgIpc) is 3.45. The molecule has 0 saturated heterocycles. The fourth-order valence-corrected chi connectivity index (χ4v) is 5.47. The number of hydrogen-bond acceptors (Lipinski definition) is 9. The van der Waals surface area contributed by atoms with Crippen LogP contribution in [0.15, 0.2) is 21.3 Å². The normalized spacial score (nSPS) is 12.3. The van der Waals surface area contributed by atoms with Gasteiger partial charge in [-0.3, -0.25) is 4.79 Å². The summed E-state index contributed by atoms with van der Waals surface area (Å²) in [5.74, 6) is -1.36.